The summed E-state index contributed by atoms with van der Waals surface area (Å²) in [5.41, 5.74) is 4.18. The van der Waals surface area contributed by atoms with Gasteiger partial charge in [0.15, 0.2) is 0 Å². The van der Waals surface area contributed by atoms with E-state index in [1.54, 1.807) is 0 Å². The van der Waals surface area contributed by atoms with E-state index in [-0.39, 0.29) is 0 Å². The molecule has 2 unspecified atom stereocenters. The zero-order valence-corrected chi connectivity index (χ0v) is 16.6. The van der Waals surface area contributed by atoms with Gasteiger partial charge in [-0.3, -0.25) is 0 Å². The van der Waals surface area contributed by atoms with Crippen LogP contribution in [0.5, 0.6) is 0 Å². The monoisotopic (exact) mass is 367 g/mol. The lowest BCUT2D eigenvalue weighted by Crippen LogP contribution is -2.25. The highest BCUT2D eigenvalue weighted by molar-refractivity contribution is 6.31. The first-order valence-electron chi connectivity index (χ1n) is 10.4. The van der Waals surface area contributed by atoms with Crippen LogP contribution in [-0.4, -0.2) is 13.1 Å². The van der Waals surface area contributed by atoms with Crippen LogP contribution in [0.15, 0.2) is 48.5 Å². The van der Waals surface area contributed by atoms with Gasteiger partial charge in [-0.05, 0) is 73.3 Å². The molecule has 2 atom stereocenters. The lowest BCUT2D eigenvalue weighted by molar-refractivity contribution is 0.443. The van der Waals surface area contributed by atoms with Crippen molar-refractivity contribution in [2.75, 3.05) is 18.0 Å². The highest BCUT2D eigenvalue weighted by Crippen LogP contribution is 2.49. The summed E-state index contributed by atoms with van der Waals surface area (Å²) >= 11 is 6.70. The van der Waals surface area contributed by atoms with Gasteiger partial charge < -0.3 is 4.90 Å². The van der Waals surface area contributed by atoms with Crippen molar-refractivity contribution in [1.82, 2.24) is 0 Å². The second kappa shape index (κ2) is 8.05. The Hall–Kier alpha value is -1.47. The van der Waals surface area contributed by atoms with Crippen LogP contribution >= 0.6 is 11.6 Å². The van der Waals surface area contributed by atoms with Gasteiger partial charge in [0.05, 0.1) is 0 Å². The van der Waals surface area contributed by atoms with E-state index in [9.17, 15) is 0 Å². The number of halogens is 1. The molecule has 2 aromatic carbocycles. The highest BCUT2D eigenvalue weighted by atomic mass is 35.5. The van der Waals surface area contributed by atoms with Gasteiger partial charge in [-0.25, -0.2) is 0 Å². The van der Waals surface area contributed by atoms with E-state index in [2.05, 4.69) is 60.4 Å². The summed E-state index contributed by atoms with van der Waals surface area (Å²) < 4.78 is 0. The molecule has 0 aromatic heterocycles. The Bertz CT molecular complexity index is 720. The van der Waals surface area contributed by atoms with E-state index in [1.165, 1.54) is 55.3 Å². The number of benzene rings is 2. The fraction of sp³-hybridized carbons (Fsp3) is 0.500. The molecule has 2 fully saturated rings. The van der Waals surface area contributed by atoms with Gasteiger partial charge in [0.25, 0.3) is 0 Å². The van der Waals surface area contributed by atoms with Gasteiger partial charge in [0.1, 0.15) is 0 Å². The van der Waals surface area contributed by atoms with Crippen LogP contribution in [-0.2, 0) is 0 Å². The number of para-hydroxylation sites is 1. The fourth-order valence-corrected chi connectivity index (χ4v) is 5.06. The van der Waals surface area contributed by atoms with Crippen LogP contribution in [0.1, 0.15) is 68.4 Å². The Labute approximate surface area is 163 Å². The Morgan fingerprint density at radius 2 is 1.77 bits per heavy atom. The minimum Gasteiger partial charge on any atom is -0.372 e. The first-order valence-corrected chi connectivity index (χ1v) is 10.7. The van der Waals surface area contributed by atoms with Gasteiger partial charge in [-0.15, -0.1) is 0 Å². The Kier molecular flexibility index (Phi) is 5.55. The molecule has 0 amide bonds. The molecule has 0 heterocycles. The smallest absolute Gasteiger partial charge is 0.0443 e. The lowest BCUT2D eigenvalue weighted by atomic mass is 9.83. The van der Waals surface area contributed by atoms with Crippen molar-refractivity contribution in [3.63, 3.8) is 0 Å². The maximum atomic E-state index is 6.70. The quantitative estimate of drug-likeness (QED) is 0.530. The molecular formula is C24H30ClN. The van der Waals surface area contributed by atoms with Crippen LogP contribution < -0.4 is 4.90 Å². The fourth-order valence-electron chi connectivity index (χ4n) is 4.72. The average molecular weight is 368 g/mol. The van der Waals surface area contributed by atoms with Crippen molar-refractivity contribution in [3.8, 4) is 0 Å². The number of hydrogen-bond acceptors (Lipinski definition) is 1. The first kappa shape index (κ1) is 17.9. The topological polar surface area (TPSA) is 3.24 Å². The molecule has 2 heteroatoms. The standard InChI is InChI=1S/C24H30ClN/c1-2-26(21-11-7-4-8-12-21)17-20-15-23(20)19-13-14-22(24(25)16-19)18-9-5-3-6-10-18/h4,7-8,11-14,16,18,20,23H,2-3,5-6,9-10,15,17H2,1H3. The van der Waals surface area contributed by atoms with Crippen LogP contribution in [0.3, 0.4) is 0 Å². The van der Waals surface area contributed by atoms with Crippen molar-refractivity contribution < 1.29 is 0 Å². The van der Waals surface area contributed by atoms with Crippen molar-refractivity contribution in [1.29, 1.82) is 0 Å². The van der Waals surface area contributed by atoms with Crippen molar-refractivity contribution >= 4 is 17.3 Å². The summed E-state index contributed by atoms with van der Waals surface area (Å²) in [7, 11) is 0. The number of hydrogen-bond donors (Lipinski definition) is 0. The predicted octanol–water partition coefficient (Wildman–Crippen LogP) is 7.02. The van der Waals surface area contributed by atoms with E-state index in [0.29, 0.717) is 11.8 Å². The number of nitrogens with zero attached hydrogens (tertiary/aromatic N) is 1. The molecule has 0 bridgehead atoms. The average Bonchev–Trinajstić information content (AvgIpc) is 3.47. The normalized spacial score (nSPS) is 23.0. The largest absolute Gasteiger partial charge is 0.372 e. The zero-order valence-electron chi connectivity index (χ0n) is 15.8. The minimum atomic E-state index is 0.686. The van der Waals surface area contributed by atoms with Crippen molar-refractivity contribution in [3.05, 3.63) is 64.7 Å². The van der Waals surface area contributed by atoms with Gasteiger partial charge in [-0.2, -0.15) is 0 Å². The molecule has 0 aliphatic heterocycles. The predicted molar refractivity (Wildman–Crippen MR) is 112 cm³/mol. The molecule has 2 aromatic rings. The molecule has 138 valence electrons. The molecule has 0 N–H and O–H groups in total. The maximum absolute atomic E-state index is 6.70. The second-order valence-corrected chi connectivity index (χ2v) is 8.50. The molecule has 4 rings (SSSR count). The SMILES string of the molecule is CCN(CC1CC1c1ccc(C2CCCCC2)c(Cl)c1)c1ccccc1. The molecule has 26 heavy (non-hydrogen) atoms. The summed E-state index contributed by atoms with van der Waals surface area (Å²) in [6.45, 7) is 4.46. The molecule has 0 radical (unpaired) electrons. The summed E-state index contributed by atoms with van der Waals surface area (Å²) in [5.74, 6) is 2.13. The van der Waals surface area contributed by atoms with E-state index >= 15 is 0 Å². The van der Waals surface area contributed by atoms with E-state index < -0.39 is 0 Å². The Morgan fingerprint density at radius 1 is 1.00 bits per heavy atom. The highest BCUT2D eigenvalue weighted by Gasteiger charge is 2.39. The van der Waals surface area contributed by atoms with Gasteiger partial charge in [-0.1, -0.05) is 61.2 Å². The van der Waals surface area contributed by atoms with E-state index in [1.807, 2.05) is 0 Å². The second-order valence-electron chi connectivity index (χ2n) is 8.09. The number of anilines is 1. The zero-order chi connectivity index (χ0) is 17.9. The third-order valence-electron chi connectivity index (χ3n) is 6.38. The molecular weight excluding hydrogens is 338 g/mol. The molecule has 2 saturated carbocycles. The number of rotatable bonds is 6. The summed E-state index contributed by atoms with van der Waals surface area (Å²) in [4.78, 5) is 2.50. The minimum absolute atomic E-state index is 0.686. The Balaban J connectivity index is 1.41. The molecule has 1 nitrogen and oxygen atoms in total. The summed E-state index contributed by atoms with van der Waals surface area (Å²) in [5, 5.41) is 1.01. The van der Waals surface area contributed by atoms with Crippen molar-refractivity contribution in [2.45, 2.75) is 57.3 Å². The van der Waals surface area contributed by atoms with Crippen LogP contribution in [0.4, 0.5) is 5.69 Å². The third-order valence-corrected chi connectivity index (χ3v) is 6.71. The molecule has 2 aliphatic carbocycles. The summed E-state index contributed by atoms with van der Waals surface area (Å²) in [6, 6.07) is 17.8. The third kappa shape index (κ3) is 3.93. The Morgan fingerprint density at radius 3 is 2.46 bits per heavy atom. The molecule has 2 aliphatic rings. The van der Waals surface area contributed by atoms with E-state index in [0.717, 1.165) is 24.0 Å². The summed E-state index contributed by atoms with van der Waals surface area (Å²) in [6.07, 6.45) is 8.04. The molecule has 0 spiro atoms. The van der Waals surface area contributed by atoms with Gasteiger partial charge in [0.2, 0.25) is 0 Å². The van der Waals surface area contributed by atoms with Crippen LogP contribution in [0.25, 0.3) is 0 Å². The van der Waals surface area contributed by atoms with Crippen LogP contribution in [0, 0.1) is 5.92 Å². The maximum Gasteiger partial charge on any atom is 0.0443 e. The van der Waals surface area contributed by atoms with Crippen LogP contribution in [0.2, 0.25) is 5.02 Å². The van der Waals surface area contributed by atoms with E-state index in [4.69, 9.17) is 11.6 Å². The lowest BCUT2D eigenvalue weighted by Gasteiger charge is -2.24. The van der Waals surface area contributed by atoms with Gasteiger partial charge >= 0.3 is 0 Å². The first-order chi connectivity index (χ1) is 12.8. The molecule has 0 saturated heterocycles. The van der Waals surface area contributed by atoms with Crippen molar-refractivity contribution in [2.24, 2.45) is 5.92 Å². The van der Waals surface area contributed by atoms with Gasteiger partial charge in [0, 0.05) is 23.8 Å².